The van der Waals surface area contributed by atoms with E-state index >= 15 is 0 Å². The average Bonchev–Trinajstić information content (AvgIpc) is 2.10. The molecule has 0 aliphatic heterocycles. The molecule has 1 nitrogen and oxygen atoms in total. The molecule has 15 heavy (non-hydrogen) atoms. The monoisotopic (exact) mass is 216 g/mol. The molecule has 0 aromatic heterocycles. The second kappa shape index (κ2) is 4.04. The smallest absolute Gasteiger partial charge is 0.302 e. The molecule has 0 spiro atoms. The second-order valence-electron chi connectivity index (χ2n) is 3.50. The summed E-state index contributed by atoms with van der Waals surface area (Å²) in [6, 6.07) is 4.34. The number of carbonyl (C=O) groups excluding carboxylic acids is 1. The summed E-state index contributed by atoms with van der Waals surface area (Å²) >= 11 is 0. The first-order valence-electron chi connectivity index (χ1n) is 4.45. The van der Waals surface area contributed by atoms with Crippen LogP contribution in [0.4, 0.5) is 13.2 Å². The molecule has 82 valence electrons. The molecule has 0 bridgehead atoms. The zero-order valence-electron chi connectivity index (χ0n) is 8.43. The van der Waals surface area contributed by atoms with Gasteiger partial charge in [0.1, 0.15) is 12.2 Å². The highest BCUT2D eigenvalue weighted by molar-refractivity contribution is 5.63. The highest BCUT2D eigenvalue weighted by atomic mass is 19.4. The number of halogens is 3. The van der Waals surface area contributed by atoms with Crippen molar-refractivity contribution >= 4 is 6.29 Å². The van der Waals surface area contributed by atoms with Crippen LogP contribution >= 0.6 is 0 Å². The SMILES string of the molecule is Cc1ccc(C(C=O)C(F)(F)F)cc1C. The van der Waals surface area contributed by atoms with Gasteiger partial charge in [-0.3, -0.25) is 0 Å². The Morgan fingerprint density at radius 3 is 2.20 bits per heavy atom. The van der Waals surface area contributed by atoms with E-state index in [1.54, 1.807) is 13.0 Å². The largest absolute Gasteiger partial charge is 0.402 e. The minimum Gasteiger partial charge on any atom is -0.302 e. The van der Waals surface area contributed by atoms with Crippen molar-refractivity contribution in [1.82, 2.24) is 0 Å². The van der Waals surface area contributed by atoms with Crippen LogP contribution in [0, 0.1) is 13.8 Å². The summed E-state index contributed by atoms with van der Waals surface area (Å²) in [6.07, 6.45) is -4.58. The predicted octanol–water partition coefficient (Wildman–Crippen LogP) is 3.15. The first kappa shape index (κ1) is 11.8. The highest BCUT2D eigenvalue weighted by Crippen LogP contribution is 2.33. The molecule has 1 rings (SSSR count). The molecule has 0 amide bonds. The van der Waals surface area contributed by atoms with Crippen molar-refractivity contribution in [2.75, 3.05) is 0 Å². The first-order valence-corrected chi connectivity index (χ1v) is 4.45. The fraction of sp³-hybridized carbons (Fsp3) is 0.364. The summed E-state index contributed by atoms with van der Waals surface area (Å²) in [5.41, 5.74) is 1.66. The van der Waals surface area contributed by atoms with E-state index in [0.29, 0.717) is 0 Å². The molecule has 0 aliphatic carbocycles. The maximum Gasteiger partial charge on any atom is 0.402 e. The Kier molecular flexibility index (Phi) is 3.17. The van der Waals surface area contributed by atoms with E-state index in [1.807, 2.05) is 6.92 Å². The molecule has 0 saturated heterocycles. The van der Waals surface area contributed by atoms with Crippen molar-refractivity contribution in [2.24, 2.45) is 0 Å². The Morgan fingerprint density at radius 2 is 1.80 bits per heavy atom. The Morgan fingerprint density at radius 1 is 1.20 bits per heavy atom. The van der Waals surface area contributed by atoms with E-state index in [2.05, 4.69) is 0 Å². The maximum atomic E-state index is 12.4. The van der Waals surface area contributed by atoms with Crippen LogP contribution in [-0.2, 0) is 4.79 Å². The zero-order chi connectivity index (χ0) is 11.6. The molecule has 0 radical (unpaired) electrons. The molecule has 0 aliphatic rings. The molecule has 0 fully saturated rings. The topological polar surface area (TPSA) is 17.1 Å². The fourth-order valence-corrected chi connectivity index (χ4v) is 1.30. The maximum absolute atomic E-state index is 12.4. The standard InChI is InChI=1S/C11H11F3O/c1-7-3-4-9(5-8(7)2)10(6-15)11(12,13)14/h3-6,10H,1-2H3. The quantitative estimate of drug-likeness (QED) is 0.694. The third-order valence-electron chi connectivity index (χ3n) is 2.38. The van der Waals surface area contributed by atoms with Gasteiger partial charge in [-0.2, -0.15) is 13.2 Å². The number of rotatable bonds is 2. The van der Waals surface area contributed by atoms with Gasteiger partial charge >= 0.3 is 6.18 Å². The molecular weight excluding hydrogens is 205 g/mol. The van der Waals surface area contributed by atoms with Crippen molar-refractivity contribution in [3.05, 3.63) is 34.9 Å². The number of hydrogen-bond acceptors (Lipinski definition) is 1. The predicted molar refractivity (Wildman–Crippen MR) is 50.8 cm³/mol. The van der Waals surface area contributed by atoms with E-state index in [9.17, 15) is 18.0 Å². The molecule has 1 atom stereocenters. The lowest BCUT2D eigenvalue weighted by molar-refractivity contribution is -0.155. The van der Waals surface area contributed by atoms with Gasteiger partial charge in [0.25, 0.3) is 0 Å². The summed E-state index contributed by atoms with van der Waals surface area (Å²) in [7, 11) is 0. The van der Waals surface area contributed by atoms with Crippen molar-refractivity contribution in [3.8, 4) is 0 Å². The lowest BCUT2D eigenvalue weighted by atomic mass is 9.96. The van der Waals surface area contributed by atoms with Crippen LogP contribution in [0.5, 0.6) is 0 Å². The van der Waals surface area contributed by atoms with E-state index in [-0.39, 0.29) is 11.8 Å². The third-order valence-corrected chi connectivity index (χ3v) is 2.38. The summed E-state index contributed by atoms with van der Waals surface area (Å²) in [4.78, 5) is 10.4. The number of carbonyl (C=O) groups is 1. The lowest BCUT2D eigenvalue weighted by Crippen LogP contribution is -2.22. The van der Waals surface area contributed by atoms with Crippen molar-refractivity contribution < 1.29 is 18.0 Å². The zero-order valence-corrected chi connectivity index (χ0v) is 8.43. The molecule has 1 aromatic rings. The first-order chi connectivity index (χ1) is 6.86. The van der Waals surface area contributed by atoms with E-state index in [1.165, 1.54) is 12.1 Å². The van der Waals surface area contributed by atoms with E-state index < -0.39 is 12.1 Å². The highest BCUT2D eigenvalue weighted by Gasteiger charge is 2.40. The number of hydrogen-bond donors (Lipinski definition) is 0. The second-order valence-corrected chi connectivity index (χ2v) is 3.50. The van der Waals surface area contributed by atoms with Crippen molar-refractivity contribution in [3.63, 3.8) is 0 Å². The number of aldehydes is 1. The molecule has 1 aromatic carbocycles. The van der Waals surface area contributed by atoms with Crippen LogP contribution in [0.15, 0.2) is 18.2 Å². The van der Waals surface area contributed by atoms with Gasteiger partial charge in [0.05, 0.1) is 0 Å². The summed E-state index contributed by atoms with van der Waals surface area (Å²) in [5.74, 6) is -2.02. The van der Waals surface area contributed by atoms with Crippen LogP contribution in [0.3, 0.4) is 0 Å². The van der Waals surface area contributed by atoms with E-state index in [4.69, 9.17) is 0 Å². The lowest BCUT2D eigenvalue weighted by Gasteiger charge is -2.15. The van der Waals surface area contributed by atoms with Gasteiger partial charge in [0.2, 0.25) is 0 Å². The summed E-state index contributed by atoms with van der Waals surface area (Å²) in [6.45, 7) is 3.53. The van der Waals surface area contributed by atoms with Crippen molar-refractivity contribution in [1.29, 1.82) is 0 Å². The fourth-order valence-electron chi connectivity index (χ4n) is 1.30. The van der Waals surface area contributed by atoms with Gasteiger partial charge in [-0.1, -0.05) is 18.2 Å². The van der Waals surface area contributed by atoms with Gasteiger partial charge in [-0.25, -0.2) is 0 Å². The molecular formula is C11H11F3O. The normalized spacial score (nSPS) is 13.7. The molecule has 0 N–H and O–H groups in total. The van der Waals surface area contributed by atoms with Crippen LogP contribution in [0.1, 0.15) is 22.6 Å². The molecule has 4 heteroatoms. The number of alkyl halides is 3. The summed E-state index contributed by atoms with van der Waals surface area (Å²) < 4.78 is 37.2. The average molecular weight is 216 g/mol. The Balaban J connectivity index is 3.14. The third kappa shape index (κ3) is 2.58. The van der Waals surface area contributed by atoms with Gasteiger partial charge < -0.3 is 4.79 Å². The minimum atomic E-state index is -4.51. The Labute approximate surface area is 85.9 Å². The van der Waals surface area contributed by atoms with Gasteiger partial charge in [0, 0.05) is 0 Å². The summed E-state index contributed by atoms with van der Waals surface area (Å²) in [5, 5.41) is 0. The Hall–Kier alpha value is -1.32. The van der Waals surface area contributed by atoms with Crippen LogP contribution in [-0.4, -0.2) is 12.5 Å². The number of benzene rings is 1. The van der Waals surface area contributed by atoms with Crippen molar-refractivity contribution in [2.45, 2.75) is 25.9 Å². The van der Waals surface area contributed by atoms with Gasteiger partial charge in [-0.05, 0) is 30.5 Å². The minimum absolute atomic E-state index is 0.000556. The molecule has 0 saturated carbocycles. The Bertz CT molecular complexity index is 369. The molecule has 0 heterocycles. The van der Waals surface area contributed by atoms with Crippen LogP contribution < -0.4 is 0 Å². The molecule has 1 unspecified atom stereocenters. The van der Waals surface area contributed by atoms with Gasteiger partial charge in [-0.15, -0.1) is 0 Å². The van der Waals surface area contributed by atoms with E-state index in [0.717, 1.165) is 11.1 Å². The number of aryl methyl sites for hydroxylation is 2. The van der Waals surface area contributed by atoms with Gasteiger partial charge in [0.15, 0.2) is 0 Å². The van der Waals surface area contributed by atoms with Crippen LogP contribution in [0.2, 0.25) is 0 Å². The van der Waals surface area contributed by atoms with Crippen LogP contribution in [0.25, 0.3) is 0 Å².